The van der Waals surface area contributed by atoms with Crippen molar-refractivity contribution in [3.8, 4) is 0 Å². The van der Waals surface area contributed by atoms with Gasteiger partial charge < -0.3 is 14.7 Å². The zero-order valence-electron chi connectivity index (χ0n) is 12.8. The van der Waals surface area contributed by atoms with Crippen molar-refractivity contribution in [1.29, 1.82) is 0 Å². The van der Waals surface area contributed by atoms with Crippen LogP contribution < -0.4 is 10.2 Å². The minimum absolute atomic E-state index is 0.670. The fourth-order valence-corrected chi connectivity index (χ4v) is 2.52. The van der Waals surface area contributed by atoms with Gasteiger partial charge in [0, 0.05) is 30.9 Å². The van der Waals surface area contributed by atoms with E-state index in [9.17, 15) is 0 Å². The number of hydrogen-bond acceptors (Lipinski definition) is 6. The molecule has 0 atom stereocenters. The Hall–Kier alpha value is -2.11. The van der Waals surface area contributed by atoms with Crippen molar-refractivity contribution < 1.29 is 4.52 Å². The molecule has 0 spiro atoms. The van der Waals surface area contributed by atoms with Gasteiger partial charge in [-0.15, -0.1) is 0 Å². The van der Waals surface area contributed by atoms with Crippen molar-refractivity contribution in [2.45, 2.75) is 33.6 Å². The van der Waals surface area contributed by atoms with Crippen molar-refractivity contribution in [3.05, 3.63) is 23.6 Å². The van der Waals surface area contributed by atoms with Gasteiger partial charge >= 0.3 is 0 Å². The summed E-state index contributed by atoms with van der Waals surface area (Å²) >= 11 is 0. The zero-order chi connectivity index (χ0) is 14.8. The monoisotopic (exact) mass is 287 g/mol. The third-order valence-corrected chi connectivity index (χ3v) is 3.79. The second kappa shape index (κ2) is 5.71. The van der Waals surface area contributed by atoms with E-state index in [0.29, 0.717) is 5.82 Å². The normalized spacial score (nSPS) is 16.2. The molecule has 0 radical (unpaired) electrons. The maximum Gasteiger partial charge on any atom is 0.227 e. The number of hydrogen-bond donors (Lipinski definition) is 1. The Kier molecular flexibility index (Phi) is 3.77. The largest absolute Gasteiger partial charge is 0.360 e. The molecule has 21 heavy (non-hydrogen) atoms. The quantitative estimate of drug-likeness (QED) is 0.935. The van der Waals surface area contributed by atoms with Gasteiger partial charge in [0.15, 0.2) is 5.82 Å². The number of piperidine rings is 1. The summed E-state index contributed by atoms with van der Waals surface area (Å²) in [6.45, 7) is 8.19. The highest BCUT2D eigenvalue weighted by Crippen LogP contribution is 2.23. The average Bonchev–Trinajstić information content (AvgIpc) is 2.84. The van der Waals surface area contributed by atoms with Crippen LogP contribution in [-0.2, 0) is 0 Å². The molecule has 1 N–H and O–H groups in total. The van der Waals surface area contributed by atoms with Gasteiger partial charge in [0.25, 0.3) is 0 Å². The molecule has 0 amide bonds. The summed E-state index contributed by atoms with van der Waals surface area (Å²) in [6, 6.07) is 3.76. The van der Waals surface area contributed by atoms with E-state index in [-0.39, 0.29) is 0 Å². The molecule has 1 saturated heterocycles. The highest BCUT2D eigenvalue weighted by Gasteiger charge is 2.18. The Balaban J connectivity index is 1.79. The van der Waals surface area contributed by atoms with Crippen LogP contribution in [0, 0.1) is 19.8 Å². The van der Waals surface area contributed by atoms with E-state index in [1.54, 1.807) is 0 Å². The third kappa shape index (κ3) is 3.32. The maximum atomic E-state index is 5.06. The number of aromatic nitrogens is 3. The maximum absolute atomic E-state index is 5.06. The molecule has 1 aliphatic rings. The summed E-state index contributed by atoms with van der Waals surface area (Å²) in [4.78, 5) is 11.4. The highest BCUT2D eigenvalue weighted by molar-refractivity contribution is 5.54. The molecule has 112 valence electrons. The second-order valence-corrected chi connectivity index (χ2v) is 5.81. The molecule has 0 aromatic carbocycles. The van der Waals surface area contributed by atoms with Gasteiger partial charge in [0.05, 0.1) is 0 Å². The number of nitrogens with zero attached hydrogens (tertiary/aromatic N) is 4. The molecular weight excluding hydrogens is 266 g/mol. The van der Waals surface area contributed by atoms with Gasteiger partial charge in [-0.2, -0.15) is 4.98 Å². The van der Waals surface area contributed by atoms with Gasteiger partial charge in [-0.25, -0.2) is 4.98 Å². The first-order valence-electron chi connectivity index (χ1n) is 7.41. The molecular formula is C15H21N5O. The van der Waals surface area contributed by atoms with E-state index in [1.807, 2.05) is 26.0 Å². The Morgan fingerprint density at radius 1 is 1.14 bits per heavy atom. The van der Waals surface area contributed by atoms with Crippen LogP contribution in [0.1, 0.15) is 31.2 Å². The SMILES string of the molecule is Cc1cc(Nc2cc(C)on2)nc(N2CCC(C)CC2)n1. The Morgan fingerprint density at radius 3 is 2.57 bits per heavy atom. The van der Waals surface area contributed by atoms with Gasteiger partial charge in [-0.1, -0.05) is 12.1 Å². The van der Waals surface area contributed by atoms with Gasteiger partial charge in [-0.05, 0) is 32.6 Å². The van der Waals surface area contributed by atoms with Gasteiger partial charge in [0.1, 0.15) is 11.6 Å². The standard InChI is InChI=1S/C15H21N5O/c1-10-4-6-20(7-5-10)15-16-11(2)8-13(18-15)17-14-9-12(3)21-19-14/h8-10H,4-7H2,1-3H3,(H,16,17,18,19). The summed E-state index contributed by atoms with van der Waals surface area (Å²) < 4.78 is 5.06. The van der Waals surface area contributed by atoms with Crippen molar-refractivity contribution in [2.24, 2.45) is 5.92 Å². The molecule has 0 aliphatic carbocycles. The smallest absolute Gasteiger partial charge is 0.227 e. The summed E-state index contributed by atoms with van der Waals surface area (Å²) in [5.41, 5.74) is 0.946. The van der Waals surface area contributed by atoms with E-state index in [1.165, 1.54) is 12.8 Å². The molecule has 1 aliphatic heterocycles. The zero-order valence-corrected chi connectivity index (χ0v) is 12.8. The topological polar surface area (TPSA) is 67.1 Å². The van der Waals surface area contributed by atoms with E-state index < -0.39 is 0 Å². The summed E-state index contributed by atoms with van der Waals surface area (Å²) in [6.07, 6.45) is 2.39. The molecule has 3 rings (SSSR count). The Labute approximate surface area is 124 Å². The predicted molar refractivity (Wildman–Crippen MR) is 81.9 cm³/mol. The molecule has 6 heteroatoms. The summed E-state index contributed by atoms with van der Waals surface area (Å²) in [5.74, 6) is 3.79. The molecule has 0 unspecified atom stereocenters. The molecule has 3 heterocycles. The van der Waals surface area contributed by atoms with Crippen molar-refractivity contribution in [1.82, 2.24) is 15.1 Å². The number of rotatable bonds is 3. The number of aryl methyl sites for hydroxylation is 2. The van der Waals surface area contributed by atoms with Crippen LogP contribution in [0.15, 0.2) is 16.7 Å². The van der Waals surface area contributed by atoms with Crippen LogP contribution in [0.4, 0.5) is 17.6 Å². The second-order valence-electron chi connectivity index (χ2n) is 5.81. The first-order valence-corrected chi connectivity index (χ1v) is 7.41. The first-order chi connectivity index (χ1) is 10.1. The van der Waals surface area contributed by atoms with Crippen molar-refractivity contribution in [3.63, 3.8) is 0 Å². The van der Waals surface area contributed by atoms with E-state index in [4.69, 9.17) is 4.52 Å². The van der Waals surface area contributed by atoms with Crippen molar-refractivity contribution in [2.75, 3.05) is 23.3 Å². The molecule has 6 nitrogen and oxygen atoms in total. The highest BCUT2D eigenvalue weighted by atomic mass is 16.5. The molecule has 2 aromatic heterocycles. The lowest BCUT2D eigenvalue weighted by molar-refractivity contribution is 0.400. The molecule has 2 aromatic rings. The van der Waals surface area contributed by atoms with Crippen LogP contribution in [0.3, 0.4) is 0 Å². The van der Waals surface area contributed by atoms with E-state index in [0.717, 1.165) is 42.2 Å². The van der Waals surface area contributed by atoms with Gasteiger partial charge in [-0.3, -0.25) is 0 Å². The van der Waals surface area contributed by atoms with Crippen LogP contribution in [0.5, 0.6) is 0 Å². The Bertz CT molecular complexity index is 616. The number of nitrogens with one attached hydrogen (secondary N) is 1. The minimum atomic E-state index is 0.670. The lowest BCUT2D eigenvalue weighted by Crippen LogP contribution is -2.34. The number of anilines is 3. The molecule has 0 saturated carbocycles. The van der Waals surface area contributed by atoms with Crippen LogP contribution >= 0.6 is 0 Å². The first kappa shape index (κ1) is 13.9. The van der Waals surface area contributed by atoms with Crippen molar-refractivity contribution >= 4 is 17.6 Å². The summed E-state index contributed by atoms with van der Waals surface area (Å²) in [5, 5.41) is 7.10. The third-order valence-electron chi connectivity index (χ3n) is 3.79. The van der Waals surface area contributed by atoms with Crippen LogP contribution in [0.2, 0.25) is 0 Å². The minimum Gasteiger partial charge on any atom is -0.360 e. The Morgan fingerprint density at radius 2 is 1.90 bits per heavy atom. The van der Waals surface area contributed by atoms with E-state index in [2.05, 4.69) is 32.3 Å². The van der Waals surface area contributed by atoms with E-state index >= 15 is 0 Å². The fraction of sp³-hybridized carbons (Fsp3) is 0.533. The molecule has 0 bridgehead atoms. The van der Waals surface area contributed by atoms with Crippen LogP contribution in [-0.4, -0.2) is 28.2 Å². The summed E-state index contributed by atoms with van der Waals surface area (Å²) in [7, 11) is 0. The van der Waals surface area contributed by atoms with Gasteiger partial charge in [0.2, 0.25) is 5.95 Å². The predicted octanol–water partition coefficient (Wildman–Crippen LogP) is 3.06. The lowest BCUT2D eigenvalue weighted by Gasteiger charge is -2.30. The van der Waals surface area contributed by atoms with Crippen LogP contribution in [0.25, 0.3) is 0 Å². The fourth-order valence-electron chi connectivity index (χ4n) is 2.52. The average molecular weight is 287 g/mol. The lowest BCUT2D eigenvalue weighted by atomic mass is 10.00. The molecule has 1 fully saturated rings.